The largest absolute Gasteiger partial charge is 0.448 e. The molecule has 0 saturated carbocycles. The molecule has 2 aromatic rings. The number of amides is 2. The van der Waals surface area contributed by atoms with Gasteiger partial charge in [-0.15, -0.1) is 0 Å². The lowest BCUT2D eigenvalue weighted by Crippen LogP contribution is -2.43. The summed E-state index contributed by atoms with van der Waals surface area (Å²) in [6.45, 7) is 15.3. The predicted octanol–water partition coefficient (Wildman–Crippen LogP) is 2.88. The number of carbonyl (C=O) groups is 2. The van der Waals surface area contributed by atoms with E-state index in [-0.39, 0.29) is 22.6 Å². The highest BCUT2D eigenvalue weighted by atomic mass is 16.3. The number of hydrogen-bond donors (Lipinski definition) is 0. The van der Waals surface area contributed by atoms with Crippen LogP contribution >= 0.6 is 0 Å². The lowest BCUT2D eigenvalue weighted by atomic mass is 9.94. The van der Waals surface area contributed by atoms with Gasteiger partial charge in [0.05, 0.1) is 25.3 Å². The highest BCUT2D eigenvalue weighted by Crippen LogP contribution is 2.24. The number of oxazole rings is 1. The molecule has 0 aromatic carbocycles. The van der Waals surface area contributed by atoms with E-state index in [4.69, 9.17) is 4.42 Å². The second-order valence-corrected chi connectivity index (χ2v) is 9.97. The van der Waals surface area contributed by atoms with E-state index in [1.807, 2.05) is 62.1 Å². The van der Waals surface area contributed by atoms with Crippen molar-refractivity contribution in [2.45, 2.75) is 67.6 Å². The average molecular weight is 416 g/mol. The Bertz CT molecular complexity index is 826. The summed E-state index contributed by atoms with van der Waals surface area (Å²) in [6.07, 6.45) is 4.02. The van der Waals surface area contributed by atoms with E-state index in [1.54, 1.807) is 6.20 Å². The summed E-state index contributed by atoms with van der Waals surface area (Å²) in [5.41, 5.74) is 1.42. The molecule has 0 atom stereocenters. The number of rotatable bonds is 0. The summed E-state index contributed by atoms with van der Waals surface area (Å²) < 4.78 is 7.19. The Balaban J connectivity index is 0.000000171. The third-order valence-corrected chi connectivity index (χ3v) is 5.27. The van der Waals surface area contributed by atoms with Crippen LogP contribution in [0.25, 0.3) is 0 Å². The molecule has 0 N–H and O–H groups in total. The molecular formula is C22H33N5O3. The molecule has 30 heavy (non-hydrogen) atoms. The van der Waals surface area contributed by atoms with Crippen molar-refractivity contribution in [1.82, 2.24) is 24.6 Å². The number of hydrogen-bond acceptors (Lipinski definition) is 5. The van der Waals surface area contributed by atoms with Gasteiger partial charge in [-0.3, -0.25) is 14.3 Å². The maximum atomic E-state index is 12.0. The van der Waals surface area contributed by atoms with Crippen LogP contribution in [0.2, 0.25) is 0 Å². The van der Waals surface area contributed by atoms with Gasteiger partial charge in [-0.05, 0) is 6.07 Å². The lowest BCUT2D eigenvalue weighted by Gasteiger charge is -2.32. The highest BCUT2D eigenvalue weighted by molar-refractivity contribution is 5.82. The fourth-order valence-corrected chi connectivity index (χ4v) is 3.60. The Morgan fingerprint density at radius 1 is 0.933 bits per heavy atom. The SMILES string of the molecule is CC(C)(C)C(=O)N1CCc2ocnc2C1.CC(C)(C)C(=O)N1CCn2nccc2C1. The first-order valence-corrected chi connectivity index (χ1v) is 10.5. The van der Waals surface area contributed by atoms with E-state index in [1.165, 1.54) is 6.39 Å². The fourth-order valence-electron chi connectivity index (χ4n) is 3.60. The highest BCUT2D eigenvalue weighted by Gasteiger charge is 2.31. The number of carbonyl (C=O) groups excluding carboxylic acids is 2. The molecular weight excluding hydrogens is 382 g/mol. The van der Waals surface area contributed by atoms with Crippen molar-refractivity contribution in [2.75, 3.05) is 13.1 Å². The predicted molar refractivity (Wildman–Crippen MR) is 112 cm³/mol. The minimum absolute atomic E-state index is 0.177. The second kappa shape index (κ2) is 8.24. The molecule has 2 aromatic heterocycles. The van der Waals surface area contributed by atoms with Crippen LogP contribution in [-0.2, 0) is 35.6 Å². The Labute approximate surface area is 178 Å². The van der Waals surface area contributed by atoms with E-state index in [9.17, 15) is 9.59 Å². The molecule has 0 spiro atoms. The van der Waals surface area contributed by atoms with E-state index < -0.39 is 0 Å². The molecule has 4 heterocycles. The topological polar surface area (TPSA) is 84.5 Å². The smallest absolute Gasteiger partial charge is 0.228 e. The summed E-state index contributed by atoms with van der Waals surface area (Å²) in [6, 6.07) is 1.97. The van der Waals surface area contributed by atoms with Gasteiger partial charge in [-0.25, -0.2) is 4.98 Å². The quantitative estimate of drug-likeness (QED) is 0.661. The van der Waals surface area contributed by atoms with Crippen LogP contribution < -0.4 is 0 Å². The standard InChI is InChI=1S/C11H17N3O.C11H16N2O2/c1-11(2,3)10(15)13-6-7-14-9(8-13)4-5-12-14;1-11(2,3)10(14)13-5-4-9-8(6-13)12-7-15-9/h4-5H,6-8H2,1-3H3;7H,4-6H2,1-3H3. The van der Waals surface area contributed by atoms with Gasteiger partial charge in [0.2, 0.25) is 11.8 Å². The molecule has 0 radical (unpaired) electrons. The Kier molecular flexibility index (Phi) is 6.06. The van der Waals surface area contributed by atoms with Crippen molar-refractivity contribution in [1.29, 1.82) is 0 Å². The monoisotopic (exact) mass is 415 g/mol. The first-order valence-electron chi connectivity index (χ1n) is 10.5. The molecule has 8 nitrogen and oxygen atoms in total. The van der Waals surface area contributed by atoms with Crippen LogP contribution in [0.5, 0.6) is 0 Å². The van der Waals surface area contributed by atoms with Crippen LogP contribution in [0.1, 0.15) is 58.7 Å². The van der Waals surface area contributed by atoms with Crippen molar-refractivity contribution in [3.05, 3.63) is 35.8 Å². The van der Waals surface area contributed by atoms with Crippen LogP contribution in [0.15, 0.2) is 23.1 Å². The van der Waals surface area contributed by atoms with Crippen molar-refractivity contribution in [3.63, 3.8) is 0 Å². The Hall–Kier alpha value is -2.64. The maximum Gasteiger partial charge on any atom is 0.228 e. The molecule has 2 amide bonds. The molecule has 2 aliphatic rings. The van der Waals surface area contributed by atoms with Crippen molar-refractivity contribution in [2.24, 2.45) is 10.8 Å². The molecule has 4 rings (SSSR count). The van der Waals surface area contributed by atoms with Gasteiger partial charge in [0.1, 0.15) is 11.5 Å². The number of nitrogens with zero attached hydrogens (tertiary/aromatic N) is 5. The second-order valence-electron chi connectivity index (χ2n) is 9.97. The van der Waals surface area contributed by atoms with Crippen LogP contribution in [-0.4, -0.2) is 49.5 Å². The van der Waals surface area contributed by atoms with E-state index >= 15 is 0 Å². The molecule has 0 fully saturated rings. The third-order valence-electron chi connectivity index (χ3n) is 5.27. The summed E-state index contributed by atoms with van der Waals surface area (Å²) in [5, 5.41) is 4.19. The normalized spacial score (nSPS) is 16.3. The maximum absolute atomic E-state index is 12.0. The van der Waals surface area contributed by atoms with Crippen LogP contribution in [0.3, 0.4) is 0 Å². The van der Waals surface area contributed by atoms with E-state index in [0.717, 1.165) is 43.2 Å². The first kappa shape index (κ1) is 22.1. The van der Waals surface area contributed by atoms with Crippen molar-refractivity contribution in [3.8, 4) is 0 Å². The number of aromatic nitrogens is 3. The van der Waals surface area contributed by atoms with Crippen LogP contribution in [0, 0.1) is 10.8 Å². The van der Waals surface area contributed by atoms with Gasteiger partial charge in [0.25, 0.3) is 0 Å². The summed E-state index contributed by atoms with van der Waals surface area (Å²) in [4.78, 5) is 31.9. The molecule has 164 valence electrons. The summed E-state index contributed by atoms with van der Waals surface area (Å²) in [7, 11) is 0. The average Bonchev–Trinajstić information content (AvgIpc) is 3.33. The fraction of sp³-hybridized carbons (Fsp3) is 0.636. The molecule has 0 bridgehead atoms. The third kappa shape index (κ3) is 4.91. The van der Waals surface area contributed by atoms with Crippen molar-refractivity contribution < 1.29 is 14.0 Å². The Morgan fingerprint density at radius 3 is 2.20 bits per heavy atom. The van der Waals surface area contributed by atoms with E-state index in [2.05, 4.69) is 10.1 Å². The van der Waals surface area contributed by atoms with Gasteiger partial charge in [0, 0.05) is 36.5 Å². The zero-order valence-electron chi connectivity index (χ0n) is 18.9. The Morgan fingerprint density at radius 2 is 1.57 bits per heavy atom. The van der Waals surface area contributed by atoms with Gasteiger partial charge in [-0.2, -0.15) is 5.10 Å². The zero-order valence-corrected chi connectivity index (χ0v) is 18.9. The first-order chi connectivity index (χ1) is 14.0. The molecule has 8 heteroatoms. The van der Waals surface area contributed by atoms with Gasteiger partial charge < -0.3 is 14.2 Å². The molecule has 0 unspecified atom stereocenters. The molecule has 0 aliphatic carbocycles. The van der Waals surface area contributed by atoms with E-state index in [0.29, 0.717) is 13.1 Å². The van der Waals surface area contributed by atoms with Crippen molar-refractivity contribution >= 4 is 11.8 Å². The van der Waals surface area contributed by atoms with Gasteiger partial charge in [-0.1, -0.05) is 41.5 Å². The minimum atomic E-state index is -0.318. The molecule has 2 aliphatic heterocycles. The number of fused-ring (bicyclic) bond motifs is 2. The summed E-state index contributed by atoms with van der Waals surface area (Å²) >= 11 is 0. The molecule has 0 saturated heterocycles. The van der Waals surface area contributed by atoms with Crippen LogP contribution in [0.4, 0.5) is 0 Å². The lowest BCUT2D eigenvalue weighted by molar-refractivity contribution is -0.141. The summed E-state index contributed by atoms with van der Waals surface area (Å²) in [5.74, 6) is 1.32. The van der Waals surface area contributed by atoms with Gasteiger partial charge >= 0.3 is 0 Å². The zero-order chi connectivity index (χ0) is 22.1. The minimum Gasteiger partial charge on any atom is -0.448 e. The van der Waals surface area contributed by atoms with Gasteiger partial charge in [0.15, 0.2) is 6.39 Å².